The second kappa shape index (κ2) is 8.34. The van der Waals surface area contributed by atoms with Crippen molar-refractivity contribution in [3.05, 3.63) is 0 Å². The minimum atomic E-state index is -0.121. The molecule has 0 saturated heterocycles. The van der Waals surface area contributed by atoms with Crippen LogP contribution in [0.5, 0.6) is 0 Å². The predicted octanol–water partition coefficient (Wildman–Crippen LogP) is 6.46. The van der Waals surface area contributed by atoms with Gasteiger partial charge in [-0.15, -0.1) is 0 Å². The number of aliphatic hydroxyl groups excluding tert-OH is 1. The molecule has 0 aliphatic heterocycles. The summed E-state index contributed by atoms with van der Waals surface area (Å²) in [5, 5.41) is 10.3. The first-order valence-corrected chi connectivity index (χ1v) is 12.2. The lowest BCUT2D eigenvalue weighted by molar-refractivity contribution is -0.123. The van der Waals surface area contributed by atoms with E-state index in [1.54, 1.807) is 0 Å². The smallest absolute Gasteiger partial charge is 0.0679 e. The van der Waals surface area contributed by atoms with Gasteiger partial charge < -0.3 is 9.84 Å². The average molecular weight is 379 g/mol. The minimum absolute atomic E-state index is 0.121. The Hall–Kier alpha value is -0.0800. The summed E-state index contributed by atoms with van der Waals surface area (Å²) in [4.78, 5) is 0. The van der Waals surface area contributed by atoms with Gasteiger partial charge in [-0.1, -0.05) is 27.7 Å². The molecule has 0 amide bonds. The zero-order valence-electron chi connectivity index (χ0n) is 19.0. The first-order valence-electron chi connectivity index (χ1n) is 12.2. The van der Waals surface area contributed by atoms with Gasteiger partial charge in [-0.3, -0.25) is 0 Å². The number of fused-ring (bicyclic) bond motifs is 5. The molecular formula is C25H46O2. The van der Waals surface area contributed by atoms with Crippen LogP contribution in [0.3, 0.4) is 0 Å². The van der Waals surface area contributed by atoms with E-state index in [2.05, 4.69) is 13.8 Å². The van der Waals surface area contributed by atoms with Crippen LogP contribution in [0, 0.1) is 40.9 Å². The van der Waals surface area contributed by atoms with Gasteiger partial charge in [0.1, 0.15) is 0 Å². The van der Waals surface area contributed by atoms with E-state index in [-0.39, 0.29) is 11.7 Å². The highest BCUT2D eigenvalue weighted by atomic mass is 16.5. The van der Waals surface area contributed by atoms with Gasteiger partial charge in [0, 0.05) is 7.11 Å². The van der Waals surface area contributed by atoms with Crippen molar-refractivity contribution in [3.63, 3.8) is 0 Å². The van der Waals surface area contributed by atoms with Crippen LogP contribution in [-0.4, -0.2) is 23.9 Å². The number of ether oxygens (including phenoxy) is 1. The Bertz CT molecular complexity index is 483. The molecule has 4 saturated carbocycles. The lowest BCUT2D eigenvalue weighted by Gasteiger charge is -2.57. The molecule has 4 aliphatic carbocycles. The van der Waals surface area contributed by atoms with Crippen LogP contribution < -0.4 is 0 Å². The molecule has 0 spiro atoms. The Morgan fingerprint density at radius 3 is 2.30 bits per heavy atom. The van der Waals surface area contributed by atoms with Crippen molar-refractivity contribution < 1.29 is 9.84 Å². The summed E-state index contributed by atoms with van der Waals surface area (Å²) < 4.78 is 6.01. The molecule has 1 N–H and O–H groups in total. The van der Waals surface area contributed by atoms with Crippen molar-refractivity contribution in [2.24, 2.45) is 40.9 Å². The molecule has 158 valence electrons. The SMILES string of the molecule is CC.CCC1(OC)CCC2C(CCC3C2CCC2(C)C(C(C)O)CCC32)C1. The third-order valence-corrected chi connectivity index (χ3v) is 9.82. The van der Waals surface area contributed by atoms with E-state index in [1.807, 2.05) is 27.9 Å². The van der Waals surface area contributed by atoms with E-state index in [0.29, 0.717) is 11.3 Å². The van der Waals surface area contributed by atoms with E-state index in [4.69, 9.17) is 4.74 Å². The number of hydrogen-bond acceptors (Lipinski definition) is 2. The monoisotopic (exact) mass is 378 g/mol. The molecule has 2 heteroatoms. The van der Waals surface area contributed by atoms with E-state index in [1.165, 1.54) is 64.2 Å². The number of aliphatic hydroxyl groups is 1. The molecule has 9 unspecified atom stereocenters. The molecule has 0 aromatic carbocycles. The van der Waals surface area contributed by atoms with Crippen LogP contribution in [0.2, 0.25) is 0 Å². The molecule has 4 fully saturated rings. The zero-order chi connectivity index (χ0) is 19.8. The maximum absolute atomic E-state index is 10.3. The quantitative estimate of drug-likeness (QED) is 0.611. The number of methoxy groups -OCH3 is 1. The highest BCUT2D eigenvalue weighted by Crippen LogP contribution is 2.65. The first kappa shape index (κ1) is 21.6. The molecule has 4 rings (SSSR count). The molecule has 0 radical (unpaired) electrons. The fourth-order valence-corrected chi connectivity index (χ4v) is 8.43. The summed E-state index contributed by atoms with van der Waals surface area (Å²) in [5.74, 6) is 5.21. The van der Waals surface area contributed by atoms with Gasteiger partial charge in [0.05, 0.1) is 11.7 Å². The second-order valence-electron chi connectivity index (χ2n) is 10.4. The summed E-state index contributed by atoms with van der Waals surface area (Å²) in [6.45, 7) is 10.9. The van der Waals surface area contributed by atoms with Crippen molar-refractivity contribution in [3.8, 4) is 0 Å². The van der Waals surface area contributed by atoms with Crippen LogP contribution >= 0.6 is 0 Å². The fraction of sp³-hybridized carbons (Fsp3) is 1.00. The van der Waals surface area contributed by atoms with Gasteiger partial charge in [0.25, 0.3) is 0 Å². The van der Waals surface area contributed by atoms with Crippen LogP contribution in [-0.2, 0) is 4.74 Å². The molecule has 0 bridgehead atoms. The predicted molar refractivity (Wildman–Crippen MR) is 114 cm³/mol. The minimum Gasteiger partial charge on any atom is -0.393 e. The molecule has 0 heterocycles. The molecule has 9 atom stereocenters. The molecular weight excluding hydrogens is 332 g/mol. The molecule has 0 aromatic heterocycles. The van der Waals surface area contributed by atoms with Crippen LogP contribution in [0.25, 0.3) is 0 Å². The Kier molecular flexibility index (Phi) is 6.68. The summed E-state index contributed by atoms with van der Waals surface area (Å²) >= 11 is 0. The summed E-state index contributed by atoms with van der Waals surface area (Å²) in [6.07, 6.45) is 13.4. The van der Waals surface area contributed by atoms with Gasteiger partial charge in [-0.2, -0.15) is 0 Å². The fourth-order valence-electron chi connectivity index (χ4n) is 8.43. The van der Waals surface area contributed by atoms with Crippen LogP contribution in [0.1, 0.15) is 98.8 Å². The normalized spacial score (nSPS) is 49.9. The molecule has 27 heavy (non-hydrogen) atoms. The van der Waals surface area contributed by atoms with Crippen molar-refractivity contribution in [2.45, 2.75) is 111 Å². The lowest BCUT2D eigenvalue weighted by Crippen LogP contribution is -2.51. The van der Waals surface area contributed by atoms with Gasteiger partial charge in [0.15, 0.2) is 0 Å². The van der Waals surface area contributed by atoms with Crippen molar-refractivity contribution in [2.75, 3.05) is 7.11 Å². The molecule has 4 aliphatic rings. The number of rotatable bonds is 3. The average Bonchev–Trinajstić information content (AvgIpc) is 3.06. The standard InChI is InChI=1S/C23H40O2.C2H6/c1-5-23(25-4)13-11-17-16(14-23)6-7-19-18(17)10-12-22(3)20(15(2)24)8-9-21(19)22;1-2/h15-21,24H,5-14H2,1-4H3;1-2H3. The van der Waals surface area contributed by atoms with Gasteiger partial charge in [0.2, 0.25) is 0 Å². The summed E-state index contributed by atoms with van der Waals surface area (Å²) in [5.41, 5.74) is 0.596. The van der Waals surface area contributed by atoms with Crippen molar-refractivity contribution >= 4 is 0 Å². The Labute approximate surface area is 168 Å². The van der Waals surface area contributed by atoms with E-state index >= 15 is 0 Å². The topological polar surface area (TPSA) is 29.5 Å². The second-order valence-corrected chi connectivity index (χ2v) is 10.4. The van der Waals surface area contributed by atoms with E-state index in [0.717, 1.165) is 29.6 Å². The van der Waals surface area contributed by atoms with Crippen molar-refractivity contribution in [1.29, 1.82) is 0 Å². The highest BCUT2D eigenvalue weighted by molar-refractivity contribution is 5.07. The highest BCUT2D eigenvalue weighted by Gasteiger charge is 2.58. The number of hydrogen-bond donors (Lipinski definition) is 1. The molecule has 2 nitrogen and oxygen atoms in total. The third kappa shape index (κ3) is 3.52. The molecule has 0 aromatic rings. The van der Waals surface area contributed by atoms with Crippen LogP contribution in [0.4, 0.5) is 0 Å². The third-order valence-electron chi connectivity index (χ3n) is 9.82. The largest absolute Gasteiger partial charge is 0.393 e. The van der Waals surface area contributed by atoms with Crippen LogP contribution in [0.15, 0.2) is 0 Å². The Balaban J connectivity index is 0.00000102. The lowest BCUT2D eigenvalue weighted by atomic mass is 9.48. The van der Waals surface area contributed by atoms with Gasteiger partial charge >= 0.3 is 0 Å². The van der Waals surface area contributed by atoms with Gasteiger partial charge in [-0.25, -0.2) is 0 Å². The van der Waals surface area contributed by atoms with E-state index < -0.39 is 0 Å². The summed E-state index contributed by atoms with van der Waals surface area (Å²) in [7, 11) is 1.94. The maximum atomic E-state index is 10.3. The first-order chi connectivity index (χ1) is 12.9. The Morgan fingerprint density at radius 2 is 1.67 bits per heavy atom. The van der Waals surface area contributed by atoms with Crippen molar-refractivity contribution in [1.82, 2.24) is 0 Å². The summed E-state index contributed by atoms with van der Waals surface area (Å²) in [6, 6.07) is 0. The zero-order valence-corrected chi connectivity index (χ0v) is 19.0. The van der Waals surface area contributed by atoms with E-state index in [9.17, 15) is 5.11 Å². The maximum Gasteiger partial charge on any atom is 0.0679 e. The van der Waals surface area contributed by atoms with Gasteiger partial charge in [-0.05, 0) is 112 Å². The Morgan fingerprint density at radius 1 is 0.963 bits per heavy atom.